The zero-order valence-electron chi connectivity index (χ0n) is 12.7. The van der Waals surface area contributed by atoms with Gasteiger partial charge in [-0.15, -0.1) is 12.4 Å². The number of ether oxygens (including phenoxy) is 1. The van der Waals surface area contributed by atoms with Gasteiger partial charge in [0.25, 0.3) is 0 Å². The van der Waals surface area contributed by atoms with Crippen molar-refractivity contribution in [3.8, 4) is 0 Å². The van der Waals surface area contributed by atoms with Gasteiger partial charge >= 0.3 is 6.09 Å². The van der Waals surface area contributed by atoms with Crippen molar-refractivity contribution in [2.24, 2.45) is 11.5 Å². The molecule has 0 aromatic heterocycles. The summed E-state index contributed by atoms with van der Waals surface area (Å²) in [7, 11) is 0. The Balaban J connectivity index is 0.00000264. The van der Waals surface area contributed by atoms with Crippen molar-refractivity contribution in [3.05, 3.63) is 35.9 Å². The molecular weight excluding hydrogens is 322 g/mol. The van der Waals surface area contributed by atoms with Gasteiger partial charge in [0.05, 0.1) is 5.54 Å². The van der Waals surface area contributed by atoms with E-state index < -0.39 is 23.6 Å². The van der Waals surface area contributed by atoms with E-state index in [0.29, 0.717) is 13.1 Å². The van der Waals surface area contributed by atoms with Crippen LogP contribution < -0.4 is 11.5 Å². The number of hydrogen-bond acceptors (Lipinski definition) is 5. The second kappa shape index (κ2) is 8.14. The van der Waals surface area contributed by atoms with Gasteiger partial charge in [-0.3, -0.25) is 4.79 Å². The summed E-state index contributed by atoms with van der Waals surface area (Å²) in [6, 6.07) is 9.38. The molecule has 0 saturated carbocycles. The minimum Gasteiger partial charge on any atom is -0.445 e. The highest BCUT2D eigenvalue weighted by Crippen LogP contribution is 2.24. The fourth-order valence-electron chi connectivity index (χ4n) is 2.47. The summed E-state index contributed by atoms with van der Waals surface area (Å²) in [4.78, 5) is 24.6. The van der Waals surface area contributed by atoms with E-state index in [2.05, 4.69) is 0 Å². The van der Waals surface area contributed by atoms with E-state index in [4.69, 9.17) is 16.2 Å². The zero-order chi connectivity index (χ0) is 16.2. The molecule has 0 radical (unpaired) electrons. The molecule has 1 aromatic carbocycles. The first-order valence-electron chi connectivity index (χ1n) is 7.14. The summed E-state index contributed by atoms with van der Waals surface area (Å²) in [6.45, 7) is 0.830. The third-order valence-electron chi connectivity index (χ3n) is 3.97. The average molecular weight is 344 g/mol. The summed E-state index contributed by atoms with van der Waals surface area (Å²) in [5.74, 6) is -0.845. The second-order valence-electron chi connectivity index (χ2n) is 5.57. The summed E-state index contributed by atoms with van der Waals surface area (Å²) >= 11 is 0. The fraction of sp³-hybridized carbons (Fsp3) is 0.467. The van der Waals surface area contributed by atoms with Crippen molar-refractivity contribution in [2.75, 3.05) is 13.1 Å². The topological polar surface area (TPSA) is 119 Å². The number of likely N-dealkylation sites (tertiary alicyclic amines) is 1. The van der Waals surface area contributed by atoms with Gasteiger partial charge in [0.15, 0.2) is 6.10 Å². The third-order valence-corrected chi connectivity index (χ3v) is 3.97. The molecule has 1 saturated heterocycles. The Morgan fingerprint density at radius 3 is 2.35 bits per heavy atom. The maximum atomic E-state index is 12.0. The van der Waals surface area contributed by atoms with Gasteiger partial charge in [-0.2, -0.15) is 0 Å². The molecule has 1 unspecified atom stereocenters. The molecule has 23 heavy (non-hydrogen) atoms. The van der Waals surface area contributed by atoms with Crippen molar-refractivity contribution in [1.29, 1.82) is 0 Å². The molecule has 0 bridgehead atoms. The summed E-state index contributed by atoms with van der Waals surface area (Å²) in [6.07, 6.45) is -1.26. The maximum Gasteiger partial charge on any atom is 0.410 e. The van der Waals surface area contributed by atoms with Crippen LogP contribution in [0.4, 0.5) is 4.79 Å². The summed E-state index contributed by atoms with van der Waals surface area (Å²) in [5.41, 5.74) is 10.9. The molecular formula is C15H22ClN3O4. The van der Waals surface area contributed by atoms with Gasteiger partial charge in [0.1, 0.15) is 6.61 Å². The highest BCUT2D eigenvalue weighted by molar-refractivity contribution is 5.85. The molecule has 128 valence electrons. The number of nitrogens with two attached hydrogens (primary N) is 2. The van der Waals surface area contributed by atoms with Crippen LogP contribution in [0.25, 0.3) is 0 Å². The van der Waals surface area contributed by atoms with Gasteiger partial charge in [-0.25, -0.2) is 4.79 Å². The fourth-order valence-corrected chi connectivity index (χ4v) is 2.47. The SMILES string of the molecule is Cl.NC(=O)C(O)C1(N)CCN(C(=O)OCc2ccccc2)CC1. The van der Waals surface area contributed by atoms with Crippen molar-refractivity contribution in [1.82, 2.24) is 4.90 Å². The first-order valence-corrected chi connectivity index (χ1v) is 7.14. The van der Waals surface area contributed by atoms with Crippen LogP contribution in [0.15, 0.2) is 30.3 Å². The zero-order valence-corrected chi connectivity index (χ0v) is 13.5. The van der Waals surface area contributed by atoms with E-state index in [1.807, 2.05) is 30.3 Å². The molecule has 8 heteroatoms. The molecule has 1 fully saturated rings. The normalized spacial score (nSPS) is 17.7. The number of benzene rings is 1. The van der Waals surface area contributed by atoms with E-state index >= 15 is 0 Å². The Kier molecular flexibility index (Phi) is 6.80. The molecule has 7 nitrogen and oxygen atoms in total. The van der Waals surface area contributed by atoms with Gasteiger partial charge in [0, 0.05) is 13.1 Å². The number of carbonyl (C=O) groups excluding carboxylic acids is 2. The Hall–Kier alpha value is -1.83. The monoisotopic (exact) mass is 343 g/mol. The smallest absolute Gasteiger partial charge is 0.410 e. The number of piperidine rings is 1. The molecule has 5 N–H and O–H groups in total. The number of aliphatic hydroxyl groups excluding tert-OH is 1. The van der Waals surface area contributed by atoms with E-state index in [1.165, 1.54) is 4.90 Å². The predicted octanol–water partition coefficient (Wildman–Crippen LogP) is 0.385. The molecule has 2 amide bonds. The number of halogens is 1. The lowest BCUT2D eigenvalue weighted by Crippen LogP contribution is -2.61. The minimum atomic E-state index is -1.41. The summed E-state index contributed by atoms with van der Waals surface area (Å²) in [5, 5.41) is 9.75. The number of primary amides is 1. The van der Waals surface area contributed by atoms with Crippen LogP contribution in [0.2, 0.25) is 0 Å². The molecule has 2 rings (SSSR count). The average Bonchev–Trinajstić information content (AvgIpc) is 2.53. The van der Waals surface area contributed by atoms with Crippen LogP contribution >= 0.6 is 12.4 Å². The second-order valence-corrected chi connectivity index (χ2v) is 5.57. The molecule has 1 aliphatic heterocycles. The highest BCUT2D eigenvalue weighted by atomic mass is 35.5. The van der Waals surface area contributed by atoms with Crippen molar-refractivity contribution in [2.45, 2.75) is 31.1 Å². The molecule has 0 spiro atoms. The Bertz CT molecular complexity index is 533. The molecule has 1 aromatic rings. The number of aliphatic hydroxyl groups is 1. The molecule has 0 aliphatic carbocycles. The predicted molar refractivity (Wildman–Crippen MR) is 86.8 cm³/mol. The maximum absolute atomic E-state index is 12.0. The first kappa shape index (κ1) is 19.2. The number of rotatable bonds is 4. The van der Waals surface area contributed by atoms with Crippen LogP contribution in [0.5, 0.6) is 0 Å². The lowest BCUT2D eigenvalue weighted by molar-refractivity contribution is -0.130. The lowest BCUT2D eigenvalue weighted by Gasteiger charge is -2.40. The largest absolute Gasteiger partial charge is 0.445 e. The van der Waals surface area contributed by atoms with Crippen molar-refractivity contribution >= 4 is 24.4 Å². The van der Waals surface area contributed by atoms with Gasteiger partial charge in [-0.1, -0.05) is 30.3 Å². The number of carbonyl (C=O) groups is 2. The number of amides is 2. The Morgan fingerprint density at radius 2 is 1.83 bits per heavy atom. The third kappa shape index (κ3) is 4.82. The van der Waals surface area contributed by atoms with E-state index in [1.54, 1.807) is 0 Å². The minimum absolute atomic E-state index is 0. The van der Waals surface area contributed by atoms with Crippen LogP contribution in [0.3, 0.4) is 0 Å². The Morgan fingerprint density at radius 1 is 1.26 bits per heavy atom. The molecule has 1 heterocycles. The standard InChI is InChI=1S/C15H21N3O4.ClH/c16-13(20)12(19)15(17)6-8-18(9-7-15)14(21)22-10-11-4-2-1-3-5-11;/h1-5,12,19H,6-10,17H2,(H2,16,20);1H. The quantitative estimate of drug-likeness (QED) is 0.730. The van der Waals surface area contributed by atoms with E-state index in [0.717, 1.165) is 5.56 Å². The van der Waals surface area contributed by atoms with Crippen LogP contribution in [-0.4, -0.2) is 46.7 Å². The molecule has 1 atom stereocenters. The number of hydrogen-bond donors (Lipinski definition) is 3. The van der Waals surface area contributed by atoms with E-state index in [-0.39, 0.29) is 31.9 Å². The van der Waals surface area contributed by atoms with Crippen molar-refractivity contribution in [3.63, 3.8) is 0 Å². The van der Waals surface area contributed by atoms with Crippen LogP contribution in [0, 0.1) is 0 Å². The summed E-state index contributed by atoms with van der Waals surface area (Å²) < 4.78 is 5.24. The lowest BCUT2D eigenvalue weighted by atomic mass is 9.83. The van der Waals surface area contributed by atoms with Gasteiger partial charge in [-0.05, 0) is 18.4 Å². The van der Waals surface area contributed by atoms with E-state index in [9.17, 15) is 14.7 Å². The first-order chi connectivity index (χ1) is 10.4. The van der Waals surface area contributed by atoms with Gasteiger partial charge < -0.3 is 26.2 Å². The van der Waals surface area contributed by atoms with Crippen molar-refractivity contribution < 1.29 is 19.4 Å². The molecule has 1 aliphatic rings. The van der Waals surface area contributed by atoms with Crippen LogP contribution in [-0.2, 0) is 16.1 Å². The van der Waals surface area contributed by atoms with Gasteiger partial charge in [0.2, 0.25) is 5.91 Å². The Labute approximate surface area is 141 Å². The number of nitrogens with zero attached hydrogens (tertiary/aromatic N) is 1. The van der Waals surface area contributed by atoms with Crippen LogP contribution in [0.1, 0.15) is 18.4 Å². The highest BCUT2D eigenvalue weighted by Gasteiger charge is 2.41.